The van der Waals surface area contributed by atoms with E-state index in [-0.39, 0.29) is 30.3 Å². The molecule has 1 aromatic rings. The zero-order valence-corrected chi connectivity index (χ0v) is 16.3. The summed E-state index contributed by atoms with van der Waals surface area (Å²) in [7, 11) is 1.10. The molecule has 3 atom stereocenters. The molecule has 162 valence electrons. The molecule has 0 heterocycles. The van der Waals surface area contributed by atoms with E-state index in [1.807, 2.05) is 6.92 Å². The molecular weight excluding hydrogens is 390 g/mol. The van der Waals surface area contributed by atoms with Gasteiger partial charge in [-0.2, -0.15) is 0 Å². The van der Waals surface area contributed by atoms with Crippen LogP contribution >= 0.6 is 0 Å². The molecule has 0 aliphatic heterocycles. The summed E-state index contributed by atoms with van der Waals surface area (Å²) in [5.41, 5.74) is -0.381. The molecule has 29 heavy (non-hydrogen) atoms. The van der Waals surface area contributed by atoms with Gasteiger partial charge in [0.1, 0.15) is 0 Å². The van der Waals surface area contributed by atoms with Crippen LogP contribution < -0.4 is 15.4 Å². The van der Waals surface area contributed by atoms with Gasteiger partial charge in [0.05, 0.1) is 24.8 Å². The van der Waals surface area contributed by atoms with Gasteiger partial charge in [0.15, 0.2) is 17.4 Å². The van der Waals surface area contributed by atoms with Crippen molar-refractivity contribution in [3.63, 3.8) is 0 Å². The van der Waals surface area contributed by atoms with Gasteiger partial charge in [-0.05, 0) is 37.8 Å². The third-order valence-corrected chi connectivity index (χ3v) is 4.55. The Hall–Kier alpha value is -2.75. The van der Waals surface area contributed by atoms with Crippen molar-refractivity contribution in [3.05, 3.63) is 29.3 Å². The van der Waals surface area contributed by atoms with Gasteiger partial charge < -0.3 is 25.6 Å². The second-order valence-electron chi connectivity index (χ2n) is 6.50. The minimum absolute atomic E-state index is 0.118. The number of carboxylic acid groups (broad SMARTS) is 1. The number of benzene rings is 1. The fourth-order valence-corrected chi connectivity index (χ4v) is 3.08. The van der Waals surface area contributed by atoms with Crippen LogP contribution in [0.1, 0.15) is 43.0 Å². The number of nitrogens with one attached hydrogen (secondary N) is 2. The number of aliphatic hydroxyl groups excluding tert-OH is 1. The van der Waals surface area contributed by atoms with E-state index in [1.165, 1.54) is 0 Å². The van der Waals surface area contributed by atoms with Crippen molar-refractivity contribution in [1.82, 2.24) is 10.6 Å². The van der Waals surface area contributed by atoms with E-state index in [1.54, 1.807) is 0 Å². The van der Waals surface area contributed by atoms with Gasteiger partial charge in [-0.3, -0.25) is 14.4 Å². The van der Waals surface area contributed by atoms with E-state index in [0.717, 1.165) is 25.7 Å². The summed E-state index contributed by atoms with van der Waals surface area (Å²) in [6.45, 7) is 2.26. The quantitative estimate of drug-likeness (QED) is 0.521. The van der Waals surface area contributed by atoms with Crippen LogP contribution in [0.25, 0.3) is 0 Å². The number of carbonyl (C=O) groups excluding carboxylic acids is 2. The molecule has 0 bridgehead atoms. The fraction of sp³-hybridized carbons (Fsp3) is 0.526. The number of hydrogen-bond donors (Lipinski definition) is 4. The smallest absolute Gasteiger partial charge is 0.290 e. The highest BCUT2D eigenvalue weighted by Gasteiger charge is 2.34. The van der Waals surface area contributed by atoms with E-state index in [0.29, 0.717) is 19.4 Å². The number of methoxy groups -OCH3 is 1. The van der Waals surface area contributed by atoms with Crippen molar-refractivity contribution in [2.45, 2.75) is 44.8 Å². The van der Waals surface area contributed by atoms with Gasteiger partial charge in [-0.25, -0.2) is 8.78 Å². The maximum absolute atomic E-state index is 14.2. The molecule has 1 saturated carbocycles. The lowest BCUT2D eigenvalue weighted by Crippen LogP contribution is -2.49. The first-order chi connectivity index (χ1) is 13.8. The fourth-order valence-electron chi connectivity index (χ4n) is 3.08. The first kappa shape index (κ1) is 24.3. The van der Waals surface area contributed by atoms with Crippen molar-refractivity contribution in [3.8, 4) is 5.75 Å². The second-order valence-corrected chi connectivity index (χ2v) is 6.50. The summed E-state index contributed by atoms with van der Waals surface area (Å²) in [5.74, 6) is -3.90. The van der Waals surface area contributed by atoms with Crippen LogP contribution in [-0.4, -0.2) is 54.3 Å². The average Bonchev–Trinajstić information content (AvgIpc) is 2.68. The predicted octanol–water partition coefficient (Wildman–Crippen LogP) is 1.46. The molecule has 0 saturated heterocycles. The van der Waals surface area contributed by atoms with Gasteiger partial charge in [-0.15, -0.1) is 0 Å². The van der Waals surface area contributed by atoms with Crippen molar-refractivity contribution in [1.29, 1.82) is 0 Å². The molecule has 0 spiro atoms. The number of ether oxygens (including phenoxy) is 1. The Kier molecular flexibility index (Phi) is 10.0. The lowest BCUT2D eigenvalue weighted by molar-refractivity contribution is -0.127. The van der Waals surface area contributed by atoms with Gasteiger partial charge in [0.2, 0.25) is 5.91 Å². The summed E-state index contributed by atoms with van der Waals surface area (Å²) in [6.07, 6.45) is 1.10. The summed E-state index contributed by atoms with van der Waals surface area (Å²) in [6, 6.07) is 1.27. The Balaban J connectivity index is 0.00000132. The number of amides is 2. The normalized spacial score (nSPS) is 20.7. The zero-order chi connectivity index (χ0) is 22.0. The van der Waals surface area contributed by atoms with Crippen LogP contribution in [0.5, 0.6) is 5.75 Å². The molecule has 1 aliphatic carbocycles. The number of rotatable bonds is 6. The van der Waals surface area contributed by atoms with Crippen LogP contribution in [0.2, 0.25) is 0 Å². The minimum atomic E-state index is -1.10. The van der Waals surface area contributed by atoms with Crippen molar-refractivity contribution in [2.24, 2.45) is 5.92 Å². The average molecular weight is 416 g/mol. The standard InChI is InChI=1S/C18H24F2N2O4.CH2O2/c1-3-8-21-17(24)10-4-7-14(23)13(9-10)22-18(25)11-5-6-12(19)16(26-2)15(11)20;2-1-3/h5-6,10,13-14,23H,3-4,7-9H2,1-2H3,(H,21,24)(H,22,25);1H,(H,2,3)/t10-,13+,14+;/m0./s1. The number of aliphatic hydroxyl groups is 1. The van der Waals surface area contributed by atoms with E-state index in [9.17, 15) is 23.5 Å². The molecule has 0 unspecified atom stereocenters. The summed E-state index contributed by atoms with van der Waals surface area (Å²) in [5, 5.41) is 22.4. The summed E-state index contributed by atoms with van der Waals surface area (Å²) >= 11 is 0. The largest absolute Gasteiger partial charge is 0.491 e. The number of carbonyl (C=O) groups is 3. The third-order valence-electron chi connectivity index (χ3n) is 4.55. The van der Waals surface area contributed by atoms with Crippen LogP contribution in [0, 0.1) is 17.6 Å². The first-order valence-electron chi connectivity index (χ1n) is 9.17. The van der Waals surface area contributed by atoms with Gasteiger partial charge >= 0.3 is 0 Å². The van der Waals surface area contributed by atoms with E-state index < -0.39 is 35.4 Å². The van der Waals surface area contributed by atoms with Gasteiger partial charge in [0.25, 0.3) is 12.4 Å². The summed E-state index contributed by atoms with van der Waals surface area (Å²) in [4.78, 5) is 32.8. The van der Waals surface area contributed by atoms with Crippen molar-refractivity contribution < 1.29 is 38.1 Å². The number of hydrogen-bond acceptors (Lipinski definition) is 5. The maximum Gasteiger partial charge on any atom is 0.290 e. The molecule has 2 amide bonds. The molecule has 0 radical (unpaired) electrons. The number of halogens is 2. The molecule has 4 N–H and O–H groups in total. The van der Waals surface area contributed by atoms with Crippen LogP contribution in [0.15, 0.2) is 12.1 Å². The van der Waals surface area contributed by atoms with E-state index in [2.05, 4.69) is 15.4 Å². The molecule has 1 aromatic carbocycles. The first-order valence-corrected chi connectivity index (χ1v) is 9.17. The molecule has 8 nitrogen and oxygen atoms in total. The Morgan fingerprint density at radius 2 is 1.97 bits per heavy atom. The Morgan fingerprint density at radius 3 is 2.55 bits per heavy atom. The van der Waals surface area contributed by atoms with Crippen molar-refractivity contribution >= 4 is 18.3 Å². The van der Waals surface area contributed by atoms with Crippen LogP contribution in [-0.2, 0) is 9.59 Å². The topological polar surface area (TPSA) is 125 Å². The molecular formula is C19H26F2N2O6. The maximum atomic E-state index is 14.2. The third kappa shape index (κ3) is 6.67. The Morgan fingerprint density at radius 1 is 1.31 bits per heavy atom. The van der Waals surface area contributed by atoms with Crippen LogP contribution in [0.3, 0.4) is 0 Å². The highest BCUT2D eigenvalue weighted by molar-refractivity contribution is 5.95. The molecule has 0 aromatic heterocycles. The molecule has 10 heteroatoms. The minimum Gasteiger partial charge on any atom is -0.491 e. The van der Waals surface area contributed by atoms with Crippen LogP contribution in [0.4, 0.5) is 8.78 Å². The van der Waals surface area contributed by atoms with Crippen molar-refractivity contribution in [2.75, 3.05) is 13.7 Å². The molecule has 2 rings (SSSR count). The monoisotopic (exact) mass is 416 g/mol. The second kappa shape index (κ2) is 11.9. The van der Waals surface area contributed by atoms with Gasteiger partial charge in [0, 0.05) is 12.5 Å². The van der Waals surface area contributed by atoms with E-state index >= 15 is 0 Å². The Labute approximate surface area is 167 Å². The highest BCUT2D eigenvalue weighted by Crippen LogP contribution is 2.27. The summed E-state index contributed by atoms with van der Waals surface area (Å²) < 4.78 is 32.3. The zero-order valence-electron chi connectivity index (χ0n) is 16.3. The molecule has 1 fully saturated rings. The van der Waals surface area contributed by atoms with Gasteiger partial charge in [-0.1, -0.05) is 6.92 Å². The highest BCUT2D eigenvalue weighted by atomic mass is 19.1. The lowest BCUT2D eigenvalue weighted by Gasteiger charge is -2.33. The predicted molar refractivity (Wildman–Crippen MR) is 99.5 cm³/mol. The lowest BCUT2D eigenvalue weighted by atomic mass is 9.83. The SMILES string of the molecule is CCCNC(=O)[C@H]1CC[C@@H](O)[C@H](NC(=O)c2ccc(F)c(OC)c2F)C1.O=CO. The van der Waals surface area contributed by atoms with E-state index in [4.69, 9.17) is 9.90 Å². The molecule has 1 aliphatic rings. The Bertz CT molecular complexity index is 716.